The molecule has 3 atom stereocenters. The lowest BCUT2D eigenvalue weighted by Crippen LogP contribution is -2.22. The third-order valence-corrected chi connectivity index (χ3v) is 4.55. The average molecular weight is 151 g/mol. The largest absolute Gasteiger partial charge is 0.0623 e. The van der Waals surface area contributed by atoms with E-state index in [2.05, 4.69) is 17.2 Å². The summed E-state index contributed by atoms with van der Waals surface area (Å²) in [6, 6.07) is 0. The molecule has 1 heteroatoms. The molecule has 2 saturated carbocycles. The van der Waals surface area contributed by atoms with Crippen LogP contribution in [0, 0.1) is 11.8 Å². The molecular weight excluding hydrogens is 136 g/mol. The van der Waals surface area contributed by atoms with Crippen molar-refractivity contribution < 1.29 is 0 Å². The van der Waals surface area contributed by atoms with Gasteiger partial charge in [-0.3, -0.25) is 0 Å². The van der Waals surface area contributed by atoms with E-state index in [9.17, 15) is 0 Å². The minimum atomic E-state index is 0.558. The summed E-state index contributed by atoms with van der Waals surface area (Å²) in [6.07, 6.45) is 7.30. The molecule has 0 aromatic carbocycles. The van der Waals surface area contributed by atoms with Crippen molar-refractivity contribution in [1.29, 1.82) is 0 Å². The van der Waals surface area contributed by atoms with Crippen molar-refractivity contribution in [1.82, 2.24) is 0 Å². The minimum Gasteiger partial charge on any atom is -0.0623 e. The fraction of sp³-hybridized carbons (Fsp3) is 1.00. The highest BCUT2D eigenvalue weighted by atomic mass is 28.1. The molecule has 2 bridgehead atoms. The maximum Gasteiger partial charge on any atom is 0.0317 e. The Hall–Kier alpha value is 0.217. The van der Waals surface area contributed by atoms with Crippen molar-refractivity contribution in [3.63, 3.8) is 0 Å². The molecule has 55 valence electrons. The van der Waals surface area contributed by atoms with Gasteiger partial charge in [0.1, 0.15) is 0 Å². The van der Waals surface area contributed by atoms with Crippen molar-refractivity contribution in [2.24, 2.45) is 11.8 Å². The van der Waals surface area contributed by atoms with Crippen molar-refractivity contribution in [2.75, 3.05) is 0 Å². The summed E-state index contributed by atoms with van der Waals surface area (Å²) in [5.74, 6) is 1.98. The quantitative estimate of drug-likeness (QED) is 0.467. The number of fused-ring (bicyclic) bond motifs is 2. The van der Waals surface area contributed by atoms with Gasteiger partial charge in [0.15, 0.2) is 0 Å². The number of rotatable bonds is 0. The lowest BCUT2D eigenvalue weighted by molar-refractivity contribution is 0.281. The normalized spacial score (nSPS) is 53.4. The fourth-order valence-electron chi connectivity index (χ4n) is 2.64. The van der Waals surface area contributed by atoms with E-state index < -0.39 is 0 Å². The number of hydrogen-bond acceptors (Lipinski definition) is 0. The van der Waals surface area contributed by atoms with Gasteiger partial charge in [0.25, 0.3) is 0 Å². The second kappa shape index (κ2) is 2.10. The third kappa shape index (κ3) is 0.867. The van der Waals surface area contributed by atoms with Crippen LogP contribution in [0.4, 0.5) is 0 Å². The Morgan fingerprint density at radius 3 is 2.80 bits per heavy atom. The molecule has 10 heavy (non-hydrogen) atoms. The summed E-state index contributed by atoms with van der Waals surface area (Å²) in [7, 11) is 3.95. The van der Waals surface area contributed by atoms with E-state index in [1.54, 1.807) is 0 Å². The van der Waals surface area contributed by atoms with E-state index in [0.29, 0.717) is 5.04 Å². The molecule has 0 aromatic heterocycles. The standard InChI is InChI=1S/C9H15Si/c1-7-2-3-8-4-5-9(7,10)6-8/h7-8H,2-6H2,1H3. The van der Waals surface area contributed by atoms with Crippen LogP contribution < -0.4 is 0 Å². The van der Waals surface area contributed by atoms with Crippen LogP contribution in [0.2, 0.25) is 5.04 Å². The monoisotopic (exact) mass is 151 g/mol. The Kier molecular flexibility index (Phi) is 1.45. The Labute approximate surface area is 66.8 Å². The van der Waals surface area contributed by atoms with E-state index in [0.717, 1.165) is 11.8 Å². The van der Waals surface area contributed by atoms with Crippen LogP contribution in [0.5, 0.6) is 0 Å². The highest BCUT2D eigenvalue weighted by molar-refractivity contribution is 6.15. The molecule has 0 amide bonds. The van der Waals surface area contributed by atoms with E-state index in [1.165, 1.54) is 32.1 Å². The van der Waals surface area contributed by atoms with Gasteiger partial charge in [-0.1, -0.05) is 32.6 Å². The summed E-state index contributed by atoms with van der Waals surface area (Å²) >= 11 is 0. The molecule has 3 unspecified atom stereocenters. The molecular formula is C9H15Si. The van der Waals surface area contributed by atoms with Crippen LogP contribution in [0.25, 0.3) is 0 Å². The topological polar surface area (TPSA) is 0 Å². The van der Waals surface area contributed by atoms with Crippen LogP contribution in [0.15, 0.2) is 0 Å². The lowest BCUT2D eigenvalue weighted by Gasteiger charge is -2.35. The predicted molar refractivity (Wildman–Crippen MR) is 44.2 cm³/mol. The molecule has 2 aliphatic carbocycles. The van der Waals surface area contributed by atoms with Crippen LogP contribution in [-0.2, 0) is 0 Å². The molecule has 2 rings (SSSR count). The Bertz CT molecular complexity index is 142. The minimum absolute atomic E-state index is 0.558. The van der Waals surface area contributed by atoms with Gasteiger partial charge in [-0.2, -0.15) is 0 Å². The fourth-order valence-corrected chi connectivity index (χ4v) is 3.21. The second-order valence-electron chi connectivity index (χ2n) is 4.24. The molecule has 0 N–H and O–H groups in total. The van der Waals surface area contributed by atoms with Gasteiger partial charge in [-0.15, -0.1) is 0 Å². The zero-order valence-electron chi connectivity index (χ0n) is 6.69. The molecule has 0 spiro atoms. The van der Waals surface area contributed by atoms with E-state index in [1.807, 2.05) is 0 Å². The first-order chi connectivity index (χ1) is 4.71. The molecule has 2 aliphatic rings. The van der Waals surface area contributed by atoms with Crippen LogP contribution in [0.1, 0.15) is 39.0 Å². The summed E-state index contributed by atoms with van der Waals surface area (Å²) in [5, 5.41) is 0.558. The highest BCUT2D eigenvalue weighted by Crippen LogP contribution is 2.57. The summed E-state index contributed by atoms with van der Waals surface area (Å²) < 4.78 is 0. The van der Waals surface area contributed by atoms with Gasteiger partial charge in [-0.05, 0) is 23.3 Å². The molecule has 3 radical (unpaired) electrons. The molecule has 0 saturated heterocycles. The SMILES string of the molecule is CC1CCC2CCC1([Si])C2. The molecule has 0 nitrogen and oxygen atoms in total. The van der Waals surface area contributed by atoms with Crippen molar-refractivity contribution in [3.05, 3.63) is 0 Å². The Balaban J connectivity index is 2.17. The van der Waals surface area contributed by atoms with Crippen molar-refractivity contribution in [3.8, 4) is 0 Å². The summed E-state index contributed by atoms with van der Waals surface area (Å²) in [6.45, 7) is 2.40. The first-order valence-electron chi connectivity index (χ1n) is 4.46. The lowest BCUT2D eigenvalue weighted by atomic mass is 9.80. The average Bonchev–Trinajstić information content (AvgIpc) is 2.22. The van der Waals surface area contributed by atoms with Gasteiger partial charge in [-0.25, -0.2) is 0 Å². The zero-order valence-corrected chi connectivity index (χ0v) is 7.69. The molecule has 0 heterocycles. The van der Waals surface area contributed by atoms with Gasteiger partial charge < -0.3 is 0 Å². The maximum atomic E-state index is 3.95. The Morgan fingerprint density at radius 2 is 2.10 bits per heavy atom. The maximum absolute atomic E-state index is 3.95. The molecule has 0 aliphatic heterocycles. The van der Waals surface area contributed by atoms with Gasteiger partial charge in [0, 0.05) is 10.2 Å². The van der Waals surface area contributed by atoms with E-state index >= 15 is 0 Å². The summed E-state index contributed by atoms with van der Waals surface area (Å²) in [4.78, 5) is 0. The third-order valence-electron chi connectivity index (χ3n) is 3.60. The Morgan fingerprint density at radius 1 is 1.30 bits per heavy atom. The zero-order chi connectivity index (χ0) is 7.19. The van der Waals surface area contributed by atoms with Crippen molar-refractivity contribution >= 4 is 10.2 Å². The first kappa shape index (κ1) is 6.90. The van der Waals surface area contributed by atoms with Crippen molar-refractivity contribution in [2.45, 2.75) is 44.1 Å². The summed E-state index contributed by atoms with van der Waals surface area (Å²) in [5.41, 5.74) is 0. The van der Waals surface area contributed by atoms with E-state index in [4.69, 9.17) is 0 Å². The predicted octanol–water partition coefficient (Wildman–Crippen LogP) is 2.54. The van der Waals surface area contributed by atoms with Gasteiger partial charge in [0.2, 0.25) is 0 Å². The van der Waals surface area contributed by atoms with Gasteiger partial charge >= 0.3 is 0 Å². The smallest absolute Gasteiger partial charge is 0.0317 e. The van der Waals surface area contributed by atoms with Crippen LogP contribution in [-0.4, -0.2) is 10.2 Å². The van der Waals surface area contributed by atoms with E-state index in [-0.39, 0.29) is 0 Å². The number of hydrogen-bond donors (Lipinski definition) is 0. The van der Waals surface area contributed by atoms with Crippen LogP contribution >= 0.6 is 0 Å². The van der Waals surface area contributed by atoms with Crippen LogP contribution in [0.3, 0.4) is 0 Å². The molecule has 2 fully saturated rings. The van der Waals surface area contributed by atoms with Gasteiger partial charge in [0.05, 0.1) is 0 Å². The highest BCUT2D eigenvalue weighted by Gasteiger charge is 2.42. The second-order valence-corrected chi connectivity index (χ2v) is 5.24. The first-order valence-corrected chi connectivity index (χ1v) is 4.96. The molecule has 0 aromatic rings.